The van der Waals surface area contributed by atoms with Crippen molar-refractivity contribution in [1.82, 2.24) is 8.61 Å². The van der Waals surface area contributed by atoms with Crippen molar-refractivity contribution in [2.24, 2.45) is 0 Å². The molecule has 0 spiro atoms. The number of rotatable bonds is 5. The van der Waals surface area contributed by atoms with Crippen molar-refractivity contribution in [3.8, 4) is 0 Å². The van der Waals surface area contributed by atoms with Gasteiger partial charge in [0.15, 0.2) is 0 Å². The third kappa shape index (κ3) is 4.25. The van der Waals surface area contributed by atoms with Crippen molar-refractivity contribution in [1.29, 1.82) is 0 Å². The molecule has 0 aromatic heterocycles. The van der Waals surface area contributed by atoms with E-state index in [-0.39, 0.29) is 6.04 Å². The molecule has 0 heterocycles. The molecule has 0 rings (SSSR count). The van der Waals surface area contributed by atoms with Crippen LogP contribution in [0.25, 0.3) is 0 Å². The monoisotopic (exact) mass is 266 g/mol. The second-order valence-corrected chi connectivity index (χ2v) is 7.10. The standard InChI is InChI=1S/C10H22N2O4S/c1-8(2)11(6)17(15,16)12(7-9(13)14)10(3,4)5/h8H,7H2,1-6H3,(H,13,14). The fourth-order valence-corrected chi connectivity index (χ4v) is 3.02. The van der Waals surface area contributed by atoms with Crippen LogP contribution in [-0.4, -0.2) is 53.3 Å². The average Bonchev–Trinajstić information content (AvgIpc) is 2.10. The number of hydrogen-bond donors (Lipinski definition) is 1. The van der Waals surface area contributed by atoms with Gasteiger partial charge in [0.1, 0.15) is 6.54 Å². The summed E-state index contributed by atoms with van der Waals surface area (Å²) in [5.74, 6) is -1.17. The quantitative estimate of drug-likeness (QED) is 0.796. The molecular formula is C10H22N2O4S. The summed E-state index contributed by atoms with van der Waals surface area (Å²) in [4.78, 5) is 10.8. The summed E-state index contributed by atoms with van der Waals surface area (Å²) in [5, 5.41) is 8.81. The molecule has 0 unspecified atom stereocenters. The van der Waals surface area contributed by atoms with E-state index < -0.39 is 28.3 Å². The molecule has 0 atom stereocenters. The second kappa shape index (κ2) is 5.32. The molecule has 17 heavy (non-hydrogen) atoms. The van der Waals surface area contributed by atoms with Crippen LogP contribution in [0, 0.1) is 0 Å². The third-order valence-corrected chi connectivity index (χ3v) is 4.78. The molecule has 7 heteroatoms. The molecule has 0 aromatic rings. The van der Waals surface area contributed by atoms with E-state index in [1.54, 1.807) is 34.6 Å². The predicted octanol–water partition coefficient (Wildman–Crippen LogP) is 0.756. The fourth-order valence-electron chi connectivity index (χ4n) is 1.21. The highest BCUT2D eigenvalue weighted by Gasteiger charge is 2.37. The van der Waals surface area contributed by atoms with E-state index in [1.165, 1.54) is 11.4 Å². The zero-order chi connectivity index (χ0) is 14.0. The molecule has 0 saturated carbocycles. The first-order valence-corrected chi connectivity index (χ1v) is 6.78. The average molecular weight is 266 g/mol. The Kier molecular flexibility index (Phi) is 5.12. The number of carboxylic acids is 1. The maximum absolute atomic E-state index is 12.2. The van der Waals surface area contributed by atoms with Gasteiger partial charge in [-0.1, -0.05) is 0 Å². The number of nitrogens with zero attached hydrogens (tertiary/aromatic N) is 2. The molecular weight excluding hydrogens is 244 g/mol. The Labute approximate surface area is 103 Å². The van der Waals surface area contributed by atoms with E-state index in [9.17, 15) is 13.2 Å². The van der Waals surface area contributed by atoms with E-state index in [0.29, 0.717) is 0 Å². The lowest BCUT2D eigenvalue weighted by atomic mass is 10.1. The van der Waals surface area contributed by atoms with Crippen LogP contribution in [0.1, 0.15) is 34.6 Å². The van der Waals surface area contributed by atoms with Gasteiger partial charge in [-0.3, -0.25) is 4.79 Å². The van der Waals surface area contributed by atoms with E-state index in [1.807, 2.05) is 0 Å². The van der Waals surface area contributed by atoms with Gasteiger partial charge in [0, 0.05) is 18.6 Å². The molecule has 6 nitrogen and oxygen atoms in total. The minimum atomic E-state index is -3.77. The lowest BCUT2D eigenvalue weighted by molar-refractivity contribution is -0.138. The van der Waals surface area contributed by atoms with Crippen LogP contribution in [0.2, 0.25) is 0 Å². The van der Waals surface area contributed by atoms with Gasteiger partial charge in [0.2, 0.25) is 0 Å². The van der Waals surface area contributed by atoms with Gasteiger partial charge < -0.3 is 5.11 Å². The molecule has 0 amide bonds. The van der Waals surface area contributed by atoms with E-state index in [2.05, 4.69) is 0 Å². The van der Waals surface area contributed by atoms with Gasteiger partial charge in [-0.25, -0.2) is 0 Å². The third-order valence-electron chi connectivity index (χ3n) is 2.40. The zero-order valence-corrected chi connectivity index (χ0v) is 12.1. The SMILES string of the molecule is CC(C)N(C)S(=O)(=O)N(CC(=O)O)C(C)(C)C. The topological polar surface area (TPSA) is 77.9 Å². The van der Waals surface area contributed by atoms with Crippen molar-refractivity contribution in [2.45, 2.75) is 46.2 Å². The first-order chi connectivity index (χ1) is 7.40. The first kappa shape index (κ1) is 16.3. The molecule has 0 saturated heterocycles. The van der Waals surface area contributed by atoms with Gasteiger partial charge in [0.25, 0.3) is 10.2 Å². The van der Waals surface area contributed by atoms with Gasteiger partial charge in [-0.05, 0) is 34.6 Å². The minimum absolute atomic E-state index is 0.223. The largest absolute Gasteiger partial charge is 0.480 e. The van der Waals surface area contributed by atoms with Crippen LogP contribution in [0.15, 0.2) is 0 Å². The second-order valence-electron chi connectivity index (χ2n) is 5.19. The summed E-state index contributed by atoms with van der Waals surface area (Å²) < 4.78 is 26.6. The van der Waals surface area contributed by atoms with Crippen LogP contribution in [0.5, 0.6) is 0 Å². The maximum atomic E-state index is 12.2. The highest BCUT2D eigenvalue weighted by molar-refractivity contribution is 7.86. The van der Waals surface area contributed by atoms with Crippen LogP contribution in [0.4, 0.5) is 0 Å². The zero-order valence-electron chi connectivity index (χ0n) is 11.3. The van der Waals surface area contributed by atoms with Gasteiger partial charge in [-0.15, -0.1) is 0 Å². The summed E-state index contributed by atoms with van der Waals surface area (Å²) in [6.07, 6.45) is 0. The summed E-state index contributed by atoms with van der Waals surface area (Å²) >= 11 is 0. The molecule has 0 aliphatic heterocycles. The van der Waals surface area contributed by atoms with Gasteiger partial charge >= 0.3 is 5.97 Å². The predicted molar refractivity (Wildman–Crippen MR) is 65.9 cm³/mol. The van der Waals surface area contributed by atoms with Crippen molar-refractivity contribution >= 4 is 16.2 Å². The molecule has 0 fully saturated rings. The highest BCUT2D eigenvalue weighted by Crippen LogP contribution is 2.21. The minimum Gasteiger partial charge on any atom is -0.480 e. The Bertz CT molecular complexity index is 370. The molecule has 0 aliphatic rings. The molecule has 0 aromatic carbocycles. The van der Waals surface area contributed by atoms with Crippen molar-refractivity contribution in [3.63, 3.8) is 0 Å². The van der Waals surface area contributed by atoms with E-state index in [4.69, 9.17) is 5.11 Å². The summed E-state index contributed by atoms with van der Waals surface area (Å²) in [6, 6.07) is -0.223. The van der Waals surface area contributed by atoms with Crippen LogP contribution < -0.4 is 0 Å². The van der Waals surface area contributed by atoms with Crippen LogP contribution in [0.3, 0.4) is 0 Å². The number of carboxylic acid groups (broad SMARTS) is 1. The Hall–Kier alpha value is -0.660. The fraction of sp³-hybridized carbons (Fsp3) is 0.900. The molecule has 102 valence electrons. The van der Waals surface area contributed by atoms with E-state index in [0.717, 1.165) is 4.31 Å². The lowest BCUT2D eigenvalue weighted by Gasteiger charge is -2.37. The summed E-state index contributed by atoms with van der Waals surface area (Å²) in [6.45, 7) is 7.94. The number of aliphatic carboxylic acids is 1. The summed E-state index contributed by atoms with van der Waals surface area (Å²) in [5.41, 5.74) is -0.777. The van der Waals surface area contributed by atoms with Crippen LogP contribution in [-0.2, 0) is 15.0 Å². The number of hydrogen-bond acceptors (Lipinski definition) is 3. The number of carbonyl (C=O) groups is 1. The first-order valence-electron chi connectivity index (χ1n) is 5.38. The van der Waals surface area contributed by atoms with Crippen molar-refractivity contribution in [3.05, 3.63) is 0 Å². The molecule has 0 aliphatic carbocycles. The normalized spacial score (nSPS) is 13.7. The smallest absolute Gasteiger partial charge is 0.318 e. The van der Waals surface area contributed by atoms with Crippen molar-refractivity contribution < 1.29 is 18.3 Å². The Morgan fingerprint density at radius 1 is 1.29 bits per heavy atom. The Morgan fingerprint density at radius 2 is 1.71 bits per heavy atom. The Morgan fingerprint density at radius 3 is 1.94 bits per heavy atom. The lowest BCUT2D eigenvalue weighted by Crippen LogP contribution is -2.54. The molecule has 0 radical (unpaired) electrons. The van der Waals surface area contributed by atoms with E-state index >= 15 is 0 Å². The van der Waals surface area contributed by atoms with Crippen LogP contribution >= 0.6 is 0 Å². The van der Waals surface area contributed by atoms with Crippen molar-refractivity contribution in [2.75, 3.05) is 13.6 Å². The van der Waals surface area contributed by atoms with Gasteiger partial charge in [-0.2, -0.15) is 17.0 Å². The maximum Gasteiger partial charge on any atom is 0.318 e. The Balaban J connectivity index is 5.40. The molecule has 1 N–H and O–H groups in total. The summed E-state index contributed by atoms with van der Waals surface area (Å²) in [7, 11) is -2.32. The highest BCUT2D eigenvalue weighted by atomic mass is 32.2. The molecule has 0 bridgehead atoms. The van der Waals surface area contributed by atoms with Gasteiger partial charge in [0.05, 0.1) is 0 Å².